The van der Waals surface area contributed by atoms with Crippen molar-refractivity contribution in [1.29, 1.82) is 0 Å². The SMILES string of the molecule is CN1c2cc3c(cc2-c2ccccc2-c2cc4c(cc21)C(C)(C)c1ccccc1-4)C(C)(C)c1ccccc1-3. The van der Waals surface area contributed by atoms with Gasteiger partial charge in [-0.1, -0.05) is 100 Å². The number of fused-ring (bicyclic) bond motifs is 11. The van der Waals surface area contributed by atoms with E-state index in [4.69, 9.17) is 0 Å². The molecule has 8 rings (SSSR count). The lowest BCUT2D eigenvalue weighted by Crippen LogP contribution is -2.17. The van der Waals surface area contributed by atoms with E-state index >= 15 is 0 Å². The lowest BCUT2D eigenvalue weighted by atomic mass is 9.81. The summed E-state index contributed by atoms with van der Waals surface area (Å²) in [5, 5.41) is 0. The largest absolute Gasteiger partial charge is 0.344 e. The van der Waals surface area contributed by atoms with Gasteiger partial charge < -0.3 is 4.90 Å². The molecule has 3 aliphatic rings. The van der Waals surface area contributed by atoms with E-state index < -0.39 is 0 Å². The van der Waals surface area contributed by atoms with Crippen LogP contribution in [0.2, 0.25) is 0 Å². The summed E-state index contributed by atoms with van der Waals surface area (Å²) in [6, 6.07) is 36.8. The fraction of sp³-hybridized carbons (Fsp3) is 0.189. The third-order valence-electron chi connectivity index (χ3n) is 9.63. The van der Waals surface area contributed by atoms with Crippen molar-refractivity contribution in [2.75, 3.05) is 11.9 Å². The molecule has 0 aromatic heterocycles. The molecule has 5 aromatic carbocycles. The number of anilines is 2. The van der Waals surface area contributed by atoms with E-state index in [2.05, 4.69) is 137 Å². The Morgan fingerprint density at radius 2 is 0.816 bits per heavy atom. The standard InChI is InChI=1S/C37H31N/c1-36(2)31-17-11-9-15-25(31)27-20-34-29(19-32(27)36)23-13-7-6-12-22(23)28-18-26-24-14-8-10-16-30(24)37(3,4)33(26)21-35(28)38(34)5/h6-21H,1-5H3. The third kappa shape index (κ3) is 2.57. The van der Waals surface area contributed by atoms with Crippen molar-refractivity contribution in [2.24, 2.45) is 0 Å². The van der Waals surface area contributed by atoms with Crippen molar-refractivity contribution in [2.45, 2.75) is 38.5 Å². The van der Waals surface area contributed by atoms with Gasteiger partial charge in [0.2, 0.25) is 0 Å². The van der Waals surface area contributed by atoms with E-state index in [9.17, 15) is 0 Å². The maximum absolute atomic E-state index is 2.48. The molecule has 0 spiro atoms. The summed E-state index contributed by atoms with van der Waals surface area (Å²) in [5.74, 6) is 0. The summed E-state index contributed by atoms with van der Waals surface area (Å²) < 4.78 is 0. The molecule has 1 nitrogen and oxygen atoms in total. The van der Waals surface area contributed by atoms with Crippen LogP contribution in [0.4, 0.5) is 11.4 Å². The molecule has 38 heavy (non-hydrogen) atoms. The van der Waals surface area contributed by atoms with Gasteiger partial charge in [-0.05, 0) is 79.9 Å². The first-order valence-corrected chi connectivity index (χ1v) is 13.7. The summed E-state index contributed by atoms with van der Waals surface area (Å²) in [5.41, 5.74) is 18.9. The first-order valence-electron chi connectivity index (χ1n) is 13.7. The van der Waals surface area contributed by atoms with E-state index in [0.717, 1.165) is 0 Å². The van der Waals surface area contributed by atoms with Crippen LogP contribution in [0.3, 0.4) is 0 Å². The Morgan fingerprint density at radius 3 is 1.39 bits per heavy atom. The number of rotatable bonds is 0. The first kappa shape index (κ1) is 21.9. The lowest BCUT2D eigenvalue weighted by molar-refractivity contribution is 0.660. The van der Waals surface area contributed by atoms with Crippen LogP contribution in [-0.4, -0.2) is 7.05 Å². The smallest absolute Gasteiger partial charge is 0.0494 e. The molecule has 0 fully saturated rings. The molecule has 0 radical (unpaired) electrons. The molecule has 0 N–H and O–H groups in total. The van der Waals surface area contributed by atoms with E-state index in [1.165, 1.54) is 78.1 Å². The molecule has 0 amide bonds. The molecule has 0 bridgehead atoms. The molecule has 184 valence electrons. The van der Waals surface area contributed by atoms with Crippen molar-refractivity contribution in [3.8, 4) is 44.5 Å². The van der Waals surface area contributed by atoms with Crippen LogP contribution in [0, 0.1) is 0 Å². The minimum absolute atomic E-state index is 0.0253. The molecule has 0 unspecified atom stereocenters. The highest BCUT2D eigenvalue weighted by molar-refractivity contribution is 6.03. The van der Waals surface area contributed by atoms with Gasteiger partial charge in [-0.15, -0.1) is 0 Å². The summed E-state index contributed by atoms with van der Waals surface area (Å²) in [4.78, 5) is 2.44. The van der Waals surface area contributed by atoms with Crippen molar-refractivity contribution in [3.63, 3.8) is 0 Å². The second-order valence-electron chi connectivity index (χ2n) is 12.3. The van der Waals surface area contributed by atoms with Crippen LogP contribution in [-0.2, 0) is 10.8 Å². The summed E-state index contributed by atoms with van der Waals surface area (Å²) >= 11 is 0. The Bertz CT molecular complexity index is 1830. The van der Waals surface area contributed by atoms with Crippen LogP contribution in [0.25, 0.3) is 44.5 Å². The average molecular weight is 490 g/mol. The minimum Gasteiger partial charge on any atom is -0.344 e. The van der Waals surface area contributed by atoms with Crippen LogP contribution < -0.4 is 4.90 Å². The Balaban J connectivity index is 1.45. The Hall–Kier alpha value is -4.10. The predicted octanol–water partition coefficient (Wildman–Crippen LogP) is 9.71. The van der Waals surface area contributed by atoms with Crippen molar-refractivity contribution in [3.05, 3.63) is 119 Å². The molecule has 1 heteroatoms. The van der Waals surface area contributed by atoms with Crippen molar-refractivity contribution in [1.82, 2.24) is 0 Å². The molecule has 1 heterocycles. The number of hydrogen-bond donors (Lipinski definition) is 0. The van der Waals surface area contributed by atoms with Gasteiger partial charge in [-0.25, -0.2) is 0 Å². The van der Waals surface area contributed by atoms with Crippen LogP contribution in [0.15, 0.2) is 97.1 Å². The second kappa shape index (κ2) is 7.05. The summed E-state index contributed by atoms with van der Waals surface area (Å²) in [6.45, 7) is 9.48. The normalized spacial score (nSPS) is 16.4. The highest BCUT2D eigenvalue weighted by Crippen LogP contribution is 2.57. The molecule has 0 saturated carbocycles. The summed E-state index contributed by atoms with van der Waals surface area (Å²) in [7, 11) is 2.25. The van der Waals surface area contributed by atoms with Crippen LogP contribution >= 0.6 is 0 Å². The molecular formula is C37H31N. The Morgan fingerprint density at radius 1 is 0.395 bits per heavy atom. The van der Waals surface area contributed by atoms with E-state index in [-0.39, 0.29) is 10.8 Å². The number of hydrogen-bond acceptors (Lipinski definition) is 1. The Kier molecular flexibility index (Phi) is 4.07. The lowest BCUT2D eigenvalue weighted by Gasteiger charge is -2.27. The van der Waals surface area contributed by atoms with Crippen LogP contribution in [0.1, 0.15) is 49.9 Å². The van der Waals surface area contributed by atoms with Gasteiger partial charge in [0.1, 0.15) is 0 Å². The topological polar surface area (TPSA) is 3.24 Å². The van der Waals surface area contributed by atoms with Gasteiger partial charge in [0.25, 0.3) is 0 Å². The van der Waals surface area contributed by atoms with Crippen molar-refractivity contribution >= 4 is 11.4 Å². The highest BCUT2D eigenvalue weighted by atomic mass is 15.1. The third-order valence-corrected chi connectivity index (χ3v) is 9.63. The zero-order valence-electron chi connectivity index (χ0n) is 22.7. The van der Waals surface area contributed by atoms with Gasteiger partial charge in [-0.3, -0.25) is 0 Å². The predicted molar refractivity (Wildman–Crippen MR) is 161 cm³/mol. The van der Waals surface area contributed by atoms with Gasteiger partial charge in [0.05, 0.1) is 0 Å². The minimum atomic E-state index is -0.0304. The zero-order chi connectivity index (χ0) is 26.0. The molecule has 5 aromatic rings. The highest BCUT2D eigenvalue weighted by Gasteiger charge is 2.39. The maximum atomic E-state index is 2.48. The van der Waals surface area contributed by atoms with E-state index in [1.54, 1.807) is 0 Å². The molecule has 2 aliphatic carbocycles. The summed E-state index contributed by atoms with van der Waals surface area (Å²) in [6.07, 6.45) is 0. The van der Waals surface area contributed by atoms with E-state index in [0.29, 0.717) is 0 Å². The molecule has 0 atom stereocenters. The quantitative estimate of drug-likeness (QED) is 0.209. The average Bonchev–Trinajstić information content (AvgIpc) is 3.26. The monoisotopic (exact) mass is 489 g/mol. The Labute approximate surface area is 225 Å². The first-order chi connectivity index (χ1) is 18.3. The van der Waals surface area contributed by atoms with E-state index in [1.807, 2.05) is 0 Å². The number of benzene rings is 5. The van der Waals surface area contributed by atoms with Gasteiger partial charge in [0, 0.05) is 40.4 Å². The fourth-order valence-corrected chi connectivity index (χ4v) is 7.54. The fourth-order valence-electron chi connectivity index (χ4n) is 7.54. The molecule has 1 aliphatic heterocycles. The molecular weight excluding hydrogens is 458 g/mol. The van der Waals surface area contributed by atoms with Crippen molar-refractivity contribution < 1.29 is 0 Å². The van der Waals surface area contributed by atoms with Gasteiger partial charge >= 0.3 is 0 Å². The molecule has 0 saturated heterocycles. The van der Waals surface area contributed by atoms with Gasteiger partial charge in [-0.2, -0.15) is 0 Å². The second-order valence-corrected chi connectivity index (χ2v) is 12.3. The number of nitrogens with zero attached hydrogens (tertiary/aromatic N) is 1. The maximum Gasteiger partial charge on any atom is 0.0494 e. The van der Waals surface area contributed by atoms with Gasteiger partial charge in [0.15, 0.2) is 0 Å². The zero-order valence-corrected chi connectivity index (χ0v) is 22.7. The van der Waals surface area contributed by atoms with Crippen LogP contribution in [0.5, 0.6) is 0 Å².